The molecule has 1 saturated carbocycles. The number of halogens is 2. The van der Waals surface area contributed by atoms with E-state index in [0.29, 0.717) is 11.7 Å². The number of thiophene rings is 1. The van der Waals surface area contributed by atoms with Crippen LogP contribution in [0.3, 0.4) is 0 Å². The zero-order chi connectivity index (χ0) is 13.4. The molecule has 1 aromatic carbocycles. The maximum atomic E-state index is 12.3. The Labute approximate surface area is 132 Å². The number of benzene rings is 1. The molecular formula is C14H10Br2O2S. The van der Waals surface area contributed by atoms with Gasteiger partial charge in [-0.05, 0) is 75.0 Å². The first-order valence-corrected chi connectivity index (χ1v) is 8.30. The molecule has 0 amide bonds. The van der Waals surface area contributed by atoms with E-state index in [0.717, 1.165) is 31.7 Å². The van der Waals surface area contributed by atoms with Crippen LogP contribution in [-0.2, 0) is 0 Å². The molecule has 98 valence electrons. The Morgan fingerprint density at radius 1 is 1.21 bits per heavy atom. The SMILES string of the molecule is O=C(c1ccc(OC2CC2)cc1)c1cc(Br)c(Br)s1. The Morgan fingerprint density at radius 2 is 1.89 bits per heavy atom. The molecule has 0 radical (unpaired) electrons. The van der Waals surface area contributed by atoms with Gasteiger partial charge in [-0.1, -0.05) is 0 Å². The van der Waals surface area contributed by atoms with E-state index in [1.165, 1.54) is 11.3 Å². The van der Waals surface area contributed by atoms with Gasteiger partial charge in [0.25, 0.3) is 0 Å². The molecule has 2 nitrogen and oxygen atoms in total. The van der Waals surface area contributed by atoms with Crippen LogP contribution in [0.15, 0.2) is 38.6 Å². The molecule has 0 spiro atoms. The summed E-state index contributed by atoms with van der Waals surface area (Å²) in [6, 6.07) is 9.21. The van der Waals surface area contributed by atoms with E-state index in [1.54, 1.807) is 0 Å². The van der Waals surface area contributed by atoms with E-state index in [-0.39, 0.29) is 5.78 Å². The largest absolute Gasteiger partial charge is 0.490 e. The number of hydrogen-bond acceptors (Lipinski definition) is 3. The van der Waals surface area contributed by atoms with Crippen LogP contribution in [0.1, 0.15) is 28.1 Å². The number of ether oxygens (including phenoxy) is 1. The van der Waals surface area contributed by atoms with Gasteiger partial charge >= 0.3 is 0 Å². The lowest BCUT2D eigenvalue weighted by atomic mass is 10.1. The summed E-state index contributed by atoms with van der Waals surface area (Å²) in [5.41, 5.74) is 0.685. The van der Waals surface area contributed by atoms with Crippen LogP contribution >= 0.6 is 43.2 Å². The molecule has 0 N–H and O–H groups in total. The standard InChI is InChI=1S/C14H10Br2O2S/c15-11-7-12(19-14(11)16)13(17)8-1-3-9(4-2-8)18-10-5-6-10/h1-4,7,10H,5-6H2. The van der Waals surface area contributed by atoms with Crippen molar-refractivity contribution in [2.45, 2.75) is 18.9 Å². The molecule has 1 aliphatic rings. The fourth-order valence-corrected chi connectivity index (χ4v) is 3.66. The second-order valence-electron chi connectivity index (χ2n) is 4.40. The van der Waals surface area contributed by atoms with E-state index < -0.39 is 0 Å². The van der Waals surface area contributed by atoms with Gasteiger partial charge in [-0.25, -0.2) is 0 Å². The van der Waals surface area contributed by atoms with Gasteiger partial charge in [0, 0.05) is 10.0 Å². The highest BCUT2D eigenvalue weighted by molar-refractivity contribution is 9.13. The van der Waals surface area contributed by atoms with Crippen LogP contribution in [0.2, 0.25) is 0 Å². The fourth-order valence-electron chi connectivity index (χ4n) is 1.66. The lowest BCUT2D eigenvalue weighted by molar-refractivity contribution is 0.104. The predicted molar refractivity (Wildman–Crippen MR) is 83.2 cm³/mol. The Balaban J connectivity index is 1.78. The maximum Gasteiger partial charge on any atom is 0.203 e. The molecular weight excluding hydrogens is 392 g/mol. The molecule has 1 fully saturated rings. The van der Waals surface area contributed by atoms with Gasteiger partial charge in [-0.3, -0.25) is 4.79 Å². The summed E-state index contributed by atoms with van der Waals surface area (Å²) in [5.74, 6) is 0.877. The van der Waals surface area contributed by atoms with Gasteiger partial charge < -0.3 is 4.74 Å². The Hall–Kier alpha value is -0.650. The molecule has 5 heteroatoms. The van der Waals surface area contributed by atoms with Crippen LogP contribution in [0.5, 0.6) is 5.75 Å². The highest BCUT2D eigenvalue weighted by atomic mass is 79.9. The van der Waals surface area contributed by atoms with Gasteiger partial charge in [-0.2, -0.15) is 0 Å². The van der Waals surface area contributed by atoms with Gasteiger partial charge in [0.15, 0.2) is 0 Å². The molecule has 0 saturated heterocycles. The highest BCUT2D eigenvalue weighted by Gasteiger charge is 2.23. The summed E-state index contributed by atoms with van der Waals surface area (Å²) in [6.45, 7) is 0. The normalized spacial score (nSPS) is 14.4. The van der Waals surface area contributed by atoms with Crippen molar-refractivity contribution in [3.63, 3.8) is 0 Å². The summed E-state index contributed by atoms with van der Waals surface area (Å²) >= 11 is 8.23. The number of carbonyl (C=O) groups is 1. The average Bonchev–Trinajstić information content (AvgIpc) is 3.15. The van der Waals surface area contributed by atoms with Crippen molar-refractivity contribution >= 4 is 49.0 Å². The van der Waals surface area contributed by atoms with Crippen LogP contribution in [0.25, 0.3) is 0 Å². The highest BCUT2D eigenvalue weighted by Crippen LogP contribution is 2.34. The monoisotopic (exact) mass is 400 g/mol. The van der Waals surface area contributed by atoms with Gasteiger partial charge in [0.05, 0.1) is 14.8 Å². The summed E-state index contributed by atoms with van der Waals surface area (Å²) in [5, 5.41) is 0. The van der Waals surface area contributed by atoms with Crippen LogP contribution in [-0.4, -0.2) is 11.9 Å². The third kappa shape index (κ3) is 3.09. The molecule has 0 aliphatic heterocycles. The summed E-state index contributed by atoms with van der Waals surface area (Å²) in [4.78, 5) is 13.0. The molecule has 1 aromatic heterocycles. The Morgan fingerprint density at radius 3 is 2.42 bits per heavy atom. The predicted octanol–water partition coefficient (Wildman–Crippen LogP) is 5.05. The minimum absolute atomic E-state index is 0.0365. The third-order valence-corrected chi connectivity index (χ3v) is 6.07. The van der Waals surface area contributed by atoms with E-state index in [2.05, 4.69) is 31.9 Å². The Kier molecular flexibility index (Phi) is 3.78. The number of hydrogen-bond donors (Lipinski definition) is 0. The van der Waals surface area contributed by atoms with Crippen molar-refractivity contribution in [3.05, 3.63) is 49.0 Å². The minimum Gasteiger partial charge on any atom is -0.490 e. The maximum absolute atomic E-state index is 12.3. The van der Waals surface area contributed by atoms with Crippen molar-refractivity contribution in [1.29, 1.82) is 0 Å². The Bertz CT molecular complexity index is 595. The third-order valence-electron chi connectivity index (χ3n) is 2.81. The van der Waals surface area contributed by atoms with Crippen molar-refractivity contribution in [2.75, 3.05) is 0 Å². The second kappa shape index (κ2) is 5.38. The van der Waals surface area contributed by atoms with E-state index in [1.807, 2.05) is 30.3 Å². The molecule has 19 heavy (non-hydrogen) atoms. The first-order valence-electron chi connectivity index (χ1n) is 5.90. The van der Waals surface area contributed by atoms with Crippen LogP contribution in [0, 0.1) is 0 Å². The van der Waals surface area contributed by atoms with E-state index >= 15 is 0 Å². The fraction of sp³-hybridized carbons (Fsp3) is 0.214. The first kappa shape index (κ1) is 13.3. The quantitative estimate of drug-likeness (QED) is 0.670. The number of rotatable bonds is 4. The van der Waals surface area contributed by atoms with E-state index in [4.69, 9.17) is 4.74 Å². The van der Waals surface area contributed by atoms with Crippen LogP contribution in [0.4, 0.5) is 0 Å². The molecule has 0 atom stereocenters. The zero-order valence-electron chi connectivity index (χ0n) is 9.86. The molecule has 2 aromatic rings. The summed E-state index contributed by atoms with van der Waals surface area (Å²) in [7, 11) is 0. The summed E-state index contributed by atoms with van der Waals surface area (Å²) in [6.07, 6.45) is 2.65. The lowest BCUT2D eigenvalue weighted by Gasteiger charge is -2.04. The van der Waals surface area contributed by atoms with Crippen molar-refractivity contribution in [2.24, 2.45) is 0 Å². The van der Waals surface area contributed by atoms with Gasteiger partial charge in [0.1, 0.15) is 5.75 Å². The number of ketones is 1. The number of carbonyl (C=O) groups excluding carboxylic acids is 1. The smallest absolute Gasteiger partial charge is 0.203 e. The zero-order valence-corrected chi connectivity index (χ0v) is 13.8. The van der Waals surface area contributed by atoms with Crippen molar-refractivity contribution in [1.82, 2.24) is 0 Å². The molecule has 0 unspecified atom stereocenters. The topological polar surface area (TPSA) is 26.3 Å². The first-order chi connectivity index (χ1) is 9.13. The minimum atomic E-state index is 0.0365. The lowest BCUT2D eigenvalue weighted by Crippen LogP contribution is -2.00. The van der Waals surface area contributed by atoms with Crippen molar-refractivity contribution in [3.8, 4) is 5.75 Å². The second-order valence-corrected chi connectivity index (χ2v) is 7.63. The van der Waals surface area contributed by atoms with Gasteiger partial charge in [-0.15, -0.1) is 11.3 Å². The molecule has 3 rings (SSSR count). The molecule has 0 bridgehead atoms. The molecule has 1 aliphatic carbocycles. The van der Waals surface area contributed by atoms with E-state index in [9.17, 15) is 4.79 Å². The van der Waals surface area contributed by atoms with Crippen molar-refractivity contribution < 1.29 is 9.53 Å². The summed E-state index contributed by atoms with van der Waals surface area (Å²) < 4.78 is 7.51. The average molecular weight is 402 g/mol. The molecule has 1 heterocycles. The van der Waals surface area contributed by atoms with Crippen LogP contribution < -0.4 is 4.74 Å². The van der Waals surface area contributed by atoms with Gasteiger partial charge in [0.2, 0.25) is 5.78 Å².